The minimum Gasteiger partial charge on any atom is -0.342 e. The van der Waals surface area contributed by atoms with E-state index in [1.807, 2.05) is 0 Å². The van der Waals surface area contributed by atoms with Crippen molar-refractivity contribution in [3.8, 4) is 0 Å². The number of carbonyl (C=O) groups excluding carboxylic acids is 1. The minimum absolute atomic E-state index is 0.382. The monoisotopic (exact) mass is 195 g/mol. The number of hydrogen-bond acceptors (Lipinski definition) is 1. The van der Waals surface area contributed by atoms with E-state index in [1.165, 1.54) is 38.5 Å². The van der Waals surface area contributed by atoms with Crippen molar-refractivity contribution in [3.63, 3.8) is 0 Å². The van der Waals surface area contributed by atoms with Gasteiger partial charge in [0.25, 0.3) is 0 Å². The van der Waals surface area contributed by atoms with E-state index >= 15 is 0 Å². The van der Waals surface area contributed by atoms with E-state index in [9.17, 15) is 4.79 Å². The molecule has 2 heteroatoms. The Morgan fingerprint density at radius 3 is 2.00 bits per heavy atom. The molecule has 1 amide bonds. The normalized spacial score (nSPS) is 25.0. The first-order valence-corrected chi connectivity index (χ1v) is 6.17. The number of rotatable bonds is 1. The molecule has 0 radical (unpaired) electrons. The topological polar surface area (TPSA) is 20.3 Å². The van der Waals surface area contributed by atoms with Crippen molar-refractivity contribution in [2.75, 3.05) is 13.1 Å². The van der Waals surface area contributed by atoms with Gasteiger partial charge < -0.3 is 4.90 Å². The Balaban J connectivity index is 1.88. The van der Waals surface area contributed by atoms with Gasteiger partial charge >= 0.3 is 0 Å². The van der Waals surface area contributed by atoms with E-state index in [0.29, 0.717) is 11.8 Å². The predicted octanol–water partition coefficient (Wildman–Crippen LogP) is 2.58. The molecule has 0 aromatic heterocycles. The van der Waals surface area contributed by atoms with Crippen molar-refractivity contribution < 1.29 is 4.79 Å². The van der Waals surface area contributed by atoms with Crippen LogP contribution in [0.25, 0.3) is 0 Å². The van der Waals surface area contributed by atoms with Crippen molar-refractivity contribution >= 4 is 5.91 Å². The van der Waals surface area contributed by atoms with Crippen LogP contribution in [-0.2, 0) is 4.79 Å². The van der Waals surface area contributed by atoms with Crippen molar-refractivity contribution in [2.45, 2.75) is 51.4 Å². The molecule has 80 valence electrons. The quantitative estimate of drug-likeness (QED) is 0.629. The van der Waals surface area contributed by atoms with E-state index in [-0.39, 0.29) is 0 Å². The summed E-state index contributed by atoms with van der Waals surface area (Å²) >= 11 is 0. The molecule has 2 fully saturated rings. The lowest BCUT2D eigenvalue weighted by molar-refractivity contribution is -0.135. The molecule has 1 heterocycles. The maximum absolute atomic E-state index is 12.1. The van der Waals surface area contributed by atoms with Gasteiger partial charge in [-0.25, -0.2) is 0 Å². The Morgan fingerprint density at radius 2 is 1.43 bits per heavy atom. The number of likely N-dealkylation sites (tertiary alicyclic amines) is 1. The number of nitrogens with zero attached hydrogens (tertiary/aromatic N) is 1. The lowest BCUT2D eigenvalue weighted by atomic mass is 10.1. The smallest absolute Gasteiger partial charge is 0.225 e. The summed E-state index contributed by atoms with van der Waals surface area (Å²) in [7, 11) is 0. The van der Waals surface area contributed by atoms with E-state index < -0.39 is 0 Å². The van der Waals surface area contributed by atoms with E-state index in [1.54, 1.807) is 0 Å². The standard InChI is InChI=1S/C12H21NO/c14-12(11-7-3-4-8-11)13-9-5-1-2-6-10-13/h11H,1-10H2. The fraction of sp³-hybridized carbons (Fsp3) is 0.917. The second-order valence-corrected chi connectivity index (χ2v) is 4.72. The molecule has 1 aliphatic heterocycles. The van der Waals surface area contributed by atoms with Gasteiger partial charge in [0, 0.05) is 19.0 Å². The summed E-state index contributed by atoms with van der Waals surface area (Å²) in [5.74, 6) is 0.845. The van der Waals surface area contributed by atoms with Crippen molar-refractivity contribution in [1.82, 2.24) is 4.90 Å². The van der Waals surface area contributed by atoms with E-state index in [4.69, 9.17) is 0 Å². The summed E-state index contributed by atoms with van der Waals surface area (Å²) in [5.41, 5.74) is 0. The average Bonchev–Trinajstić information content (AvgIpc) is 2.59. The maximum Gasteiger partial charge on any atom is 0.225 e. The second-order valence-electron chi connectivity index (χ2n) is 4.72. The lowest BCUT2D eigenvalue weighted by Crippen LogP contribution is -2.35. The van der Waals surface area contributed by atoms with Crippen LogP contribution < -0.4 is 0 Å². The fourth-order valence-corrected chi connectivity index (χ4v) is 2.72. The summed E-state index contributed by atoms with van der Waals surface area (Å²) in [6.45, 7) is 2.05. The van der Waals surface area contributed by atoms with Gasteiger partial charge in [0.1, 0.15) is 0 Å². The van der Waals surface area contributed by atoms with Crippen LogP contribution in [-0.4, -0.2) is 23.9 Å². The molecule has 1 saturated heterocycles. The Bertz CT molecular complexity index is 188. The Labute approximate surface area is 86.7 Å². The molecule has 0 aromatic carbocycles. The molecule has 14 heavy (non-hydrogen) atoms. The molecular weight excluding hydrogens is 174 g/mol. The van der Waals surface area contributed by atoms with Gasteiger partial charge in [-0.05, 0) is 25.7 Å². The van der Waals surface area contributed by atoms with Crippen LogP contribution in [0.5, 0.6) is 0 Å². The van der Waals surface area contributed by atoms with Gasteiger partial charge in [0.15, 0.2) is 0 Å². The predicted molar refractivity (Wildman–Crippen MR) is 57.0 cm³/mol. The van der Waals surface area contributed by atoms with E-state index in [2.05, 4.69) is 4.90 Å². The molecule has 0 N–H and O–H groups in total. The second kappa shape index (κ2) is 4.81. The Hall–Kier alpha value is -0.530. The third kappa shape index (κ3) is 2.28. The van der Waals surface area contributed by atoms with Crippen LogP contribution >= 0.6 is 0 Å². The Morgan fingerprint density at radius 1 is 0.857 bits per heavy atom. The van der Waals surface area contributed by atoms with Gasteiger partial charge in [-0.1, -0.05) is 25.7 Å². The molecule has 2 nitrogen and oxygen atoms in total. The van der Waals surface area contributed by atoms with Crippen molar-refractivity contribution in [3.05, 3.63) is 0 Å². The molecule has 0 atom stereocenters. The third-order valence-electron chi connectivity index (χ3n) is 3.62. The zero-order chi connectivity index (χ0) is 9.80. The van der Waals surface area contributed by atoms with Gasteiger partial charge in [-0.3, -0.25) is 4.79 Å². The van der Waals surface area contributed by atoms with Crippen LogP contribution in [0.15, 0.2) is 0 Å². The zero-order valence-corrected chi connectivity index (χ0v) is 9.00. The van der Waals surface area contributed by atoms with Crippen LogP contribution in [0, 0.1) is 5.92 Å². The highest BCUT2D eigenvalue weighted by atomic mass is 16.2. The van der Waals surface area contributed by atoms with Crippen LogP contribution in [0.1, 0.15) is 51.4 Å². The maximum atomic E-state index is 12.1. The summed E-state index contributed by atoms with van der Waals surface area (Å²) < 4.78 is 0. The first kappa shape index (κ1) is 10.0. The third-order valence-corrected chi connectivity index (χ3v) is 3.62. The van der Waals surface area contributed by atoms with Crippen LogP contribution in [0.2, 0.25) is 0 Å². The molecule has 1 aliphatic carbocycles. The molecule has 0 unspecified atom stereocenters. The SMILES string of the molecule is O=C(C1CCCC1)N1CCCCCC1. The highest BCUT2D eigenvalue weighted by Gasteiger charge is 2.27. The largest absolute Gasteiger partial charge is 0.342 e. The van der Waals surface area contributed by atoms with Crippen molar-refractivity contribution in [2.24, 2.45) is 5.92 Å². The molecule has 2 rings (SSSR count). The highest BCUT2D eigenvalue weighted by molar-refractivity contribution is 5.79. The molecule has 1 saturated carbocycles. The van der Waals surface area contributed by atoms with Gasteiger partial charge in [0.05, 0.1) is 0 Å². The minimum atomic E-state index is 0.382. The molecule has 0 bridgehead atoms. The zero-order valence-electron chi connectivity index (χ0n) is 9.00. The Kier molecular flexibility index (Phi) is 3.44. The van der Waals surface area contributed by atoms with Gasteiger partial charge in [-0.15, -0.1) is 0 Å². The molecule has 2 aliphatic rings. The van der Waals surface area contributed by atoms with Crippen molar-refractivity contribution in [1.29, 1.82) is 0 Å². The summed E-state index contributed by atoms with van der Waals surface area (Å²) in [6, 6.07) is 0. The van der Waals surface area contributed by atoms with E-state index in [0.717, 1.165) is 25.9 Å². The fourth-order valence-electron chi connectivity index (χ4n) is 2.72. The van der Waals surface area contributed by atoms with Gasteiger partial charge in [-0.2, -0.15) is 0 Å². The van der Waals surface area contributed by atoms with Crippen LogP contribution in [0.3, 0.4) is 0 Å². The molecular formula is C12H21NO. The number of amides is 1. The molecule has 0 spiro atoms. The van der Waals surface area contributed by atoms with Gasteiger partial charge in [0.2, 0.25) is 5.91 Å². The number of hydrogen-bond donors (Lipinski definition) is 0. The first-order valence-electron chi connectivity index (χ1n) is 6.17. The average molecular weight is 195 g/mol. The lowest BCUT2D eigenvalue weighted by Gasteiger charge is -2.23. The van der Waals surface area contributed by atoms with Crippen LogP contribution in [0.4, 0.5) is 0 Å². The summed E-state index contributed by atoms with van der Waals surface area (Å²) in [4.78, 5) is 14.2. The number of carbonyl (C=O) groups is 1. The highest BCUT2D eigenvalue weighted by Crippen LogP contribution is 2.27. The summed E-state index contributed by atoms with van der Waals surface area (Å²) in [5, 5.41) is 0. The molecule has 0 aromatic rings. The first-order chi connectivity index (χ1) is 6.88. The summed E-state index contributed by atoms with van der Waals surface area (Å²) in [6.07, 6.45) is 9.90.